The Kier molecular flexibility index (Phi) is 14.7. The quantitative estimate of drug-likeness (QED) is 0.155. The van der Waals surface area contributed by atoms with E-state index in [0.29, 0.717) is 16.7 Å². The Morgan fingerprint density at radius 1 is 0.922 bits per heavy atom. The number of likely N-dealkylation sites (tertiary alicyclic amines) is 1. The summed E-state index contributed by atoms with van der Waals surface area (Å²) in [7, 11) is 2.96. The van der Waals surface area contributed by atoms with Gasteiger partial charge in [0, 0.05) is 36.2 Å². The number of amides is 3. The SMILES string of the molecule is COC(=O)[C@H](Cc1ccc(C(=O)c2ccccc2)cc1)NC(=O)/C(C)=C/[C@H](C(C)C)N(C)C(=O)[C@@H](NC(=O)[C@H]1CCCCN1C(C)C)C(C)(C)C. The molecular formula is C41H58N4O6. The number of carbonyl (C=O) groups is 5. The van der Waals surface area contributed by atoms with Crippen LogP contribution < -0.4 is 10.6 Å². The minimum atomic E-state index is -0.982. The zero-order chi connectivity index (χ0) is 38.0. The van der Waals surface area contributed by atoms with Crippen molar-refractivity contribution in [3.8, 4) is 0 Å². The topological polar surface area (TPSA) is 125 Å². The van der Waals surface area contributed by atoms with E-state index in [1.54, 1.807) is 61.3 Å². The number of esters is 1. The summed E-state index contributed by atoms with van der Waals surface area (Å²) in [6, 6.07) is 13.6. The van der Waals surface area contributed by atoms with E-state index in [1.165, 1.54) is 7.11 Å². The number of nitrogens with one attached hydrogen (secondary N) is 2. The molecule has 278 valence electrons. The van der Waals surface area contributed by atoms with Gasteiger partial charge in [0.1, 0.15) is 12.1 Å². The van der Waals surface area contributed by atoms with Gasteiger partial charge in [0.15, 0.2) is 5.78 Å². The molecule has 51 heavy (non-hydrogen) atoms. The van der Waals surface area contributed by atoms with Crippen molar-refractivity contribution >= 4 is 29.5 Å². The van der Waals surface area contributed by atoms with Crippen LogP contribution in [-0.2, 0) is 30.3 Å². The van der Waals surface area contributed by atoms with E-state index in [2.05, 4.69) is 29.4 Å². The molecule has 0 aromatic heterocycles. The highest BCUT2D eigenvalue weighted by Gasteiger charge is 2.40. The summed E-state index contributed by atoms with van der Waals surface area (Å²) in [5, 5.41) is 5.91. The molecule has 4 atom stereocenters. The smallest absolute Gasteiger partial charge is 0.328 e. The molecule has 0 bridgehead atoms. The monoisotopic (exact) mass is 702 g/mol. The average Bonchev–Trinajstić information content (AvgIpc) is 3.11. The predicted octanol–water partition coefficient (Wildman–Crippen LogP) is 5.34. The third-order valence-corrected chi connectivity index (χ3v) is 9.65. The Balaban J connectivity index is 1.76. The largest absolute Gasteiger partial charge is 0.467 e. The van der Waals surface area contributed by atoms with Crippen molar-refractivity contribution in [2.45, 2.75) is 111 Å². The lowest BCUT2D eigenvalue weighted by Gasteiger charge is -2.41. The summed E-state index contributed by atoms with van der Waals surface area (Å²) >= 11 is 0. The number of benzene rings is 2. The maximum absolute atomic E-state index is 14.2. The van der Waals surface area contributed by atoms with E-state index in [-0.39, 0.29) is 42.0 Å². The Morgan fingerprint density at radius 2 is 1.53 bits per heavy atom. The molecule has 3 amide bonds. The van der Waals surface area contributed by atoms with Crippen molar-refractivity contribution in [3.05, 3.63) is 82.9 Å². The van der Waals surface area contributed by atoms with E-state index < -0.39 is 35.4 Å². The van der Waals surface area contributed by atoms with E-state index in [0.717, 1.165) is 31.4 Å². The van der Waals surface area contributed by atoms with Gasteiger partial charge >= 0.3 is 5.97 Å². The number of ketones is 1. The normalized spacial score (nSPS) is 17.3. The molecule has 0 unspecified atom stereocenters. The molecule has 2 aromatic carbocycles. The van der Waals surface area contributed by atoms with Crippen molar-refractivity contribution < 1.29 is 28.7 Å². The summed E-state index contributed by atoms with van der Waals surface area (Å²) in [4.78, 5) is 70.8. The first kappa shape index (κ1) is 41.1. The molecule has 1 aliphatic rings. The van der Waals surface area contributed by atoms with Crippen LogP contribution in [0, 0.1) is 11.3 Å². The van der Waals surface area contributed by atoms with Gasteiger partial charge in [0.25, 0.3) is 0 Å². The van der Waals surface area contributed by atoms with Crippen molar-refractivity contribution in [1.29, 1.82) is 0 Å². The third-order valence-electron chi connectivity index (χ3n) is 9.65. The number of methoxy groups -OCH3 is 1. The summed E-state index contributed by atoms with van der Waals surface area (Å²) in [5.41, 5.74) is 1.59. The van der Waals surface area contributed by atoms with Crippen molar-refractivity contribution in [2.24, 2.45) is 11.3 Å². The van der Waals surface area contributed by atoms with Crippen molar-refractivity contribution in [3.63, 3.8) is 0 Å². The molecule has 3 rings (SSSR count). The summed E-state index contributed by atoms with van der Waals surface area (Å²) in [5.74, 6) is -1.63. The standard InChI is InChI=1S/C41H58N4O6/c1-26(2)34(44(9)39(49)36(41(6,7)8)43-38(48)33-18-14-15-23-45(33)27(3)4)24-28(5)37(47)42-32(40(50)51-10)25-29-19-21-31(22-20-29)35(46)30-16-12-11-13-17-30/h11-13,16-17,19-22,24,26-27,32-34,36H,14-15,18,23,25H2,1-10H3,(H,42,47)(H,43,48)/b28-24+/t32-,33+,34+,36+/m0/s1. The van der Waals surface area contributed by atoms with E-state index >= 15 is 0 Å². The van der Waals surface area contributed by atoms with E-state index in [1.807, 2.05) is 52.8 Å². The molecule has 2 aromatic rings. The number of hydrogen-bond donors (Lipinski definition) is 2. The number of hydrogen-bond acceptors (Lipinski definition) is 7. The molecule has 10 nitrogen and oxygen atoms in total. The first-order valence-electron chi connectivity index (χ1n) is 18.0. The lowest BCUT2D eigenvalue weighted by molar-refractivity contribution is -0.144. The summed E-state index contributed by atoms with van der Waals surface area (Å²) < 4.78 is 5.01. The molecule has 0 saturated carbocycles. The summed E-state index contributed by atoms with van der Waals surface area (Å²) in [6.07, 6.45) is 4.66. The van der Waals surface area contributed by atoms with E-state index in [9.17, 15) is 24.0 Å². The van der Waals surface area contributed by atoms with Crippen LogP contribution in [0.5, 0.6) is 0 Å². The maximum Gasteiger partial charge on any atom is 0.328 e. The van der Waals surface area contributed by atoms with Crippen LogP contribution in [0.25, 0.3) is 0 Å². The second-order valence-corrected chi connectivity index (χ2v) is 15.3. The first-order chi connectivity index (χ1) is 24.0. The average molecular weight is 703 g/mol. The molecule has 1 fully saturated rings. The second-order valence-electron chi connectivity index (χ2n) is 15.3. The Labute approximate surface area is 304 Å². The van der Waals surface area contributed by atoms with Gasteiger partial charge in [-0.1, -0.05) is 102 Å². The van der Waals surface area contributed by atoms with Crippen LogP contribution in [0.2, 0.25) is 0 Å². The van der Waals surface area contributed by atoms with Gasteiger partial charge in [0.2, 0.25) is 17.7 Å². The molecule has 1 aliphatic heterocycles. The lowest BCUT2D eigenvalue weighted by atomic mass is 9.84. The van der Waals surface area contributed by atoms with Gasteiger partial charge in [-0.3, -0.25) is 24.1 Å². The molecule has 1 saturated heterocycles. The lowest BCUT2D eigenvalue weighted by Crippen LogP contribution is -2.60. The van der Waals surface area contributed by atoms with Crippen LogP contribution >= 0.6 is 0 Å². The third kappa shape index (κ3) is 11.1. The number of rotatable bonds is 14. The Hall–Kier alpha value is -4.31. The van der Waals surface area contributed by atoms with Crippen LogP contribution in [0.3, 0.4) is 0 Å². The number of nitrogens with zero attached hydrogens (tertiary/aromatic N) is 2. The molecule has 0 aliphatic carbocycles. The molecule has 2 N–H and O–H groups in total. The molecule has 0 spiro atoms. The Bertz CT molecular complexity index is 1540. The molecule has 0 radical (unpaired) electrons. The number of piperidine rings is 1. The van der Waals surface area contributed by atoms with Crippen LogP contribution in [0.4, 0.5) is 0 Å². The van der Waals surface area contributed by atoms with E-state index in [4.69, 9.17) is 4.74 Å². The minimum absolute atomic E-state index is 0.0682. The highest BCUT2D eigenvalue weighted by Crippen LogP contribution is 2.26. The van der Waals surface area contributed by atoms with Gasteiger partial charge in [-0.2, -0.15) is 0 Å². The van der Waals surface area contributed by atoms with Crippen LogP contribution in [-0.4, -0.2) is 90.2 Å². The maximum atomic E-state index is 14.2. The fraction of sp³-hybridized carbons (Fsp3) is 0.537. The number of carbonyl (C=O) groups excluding carboxylic acids is 5. The van der Waals surface area contributed by atoms with Crippen molar-refractivity contribution in [2.75, 3.05) is 20.7 Å². The second kappa shape index (κ2) is 18.3. The first-order valence-corrected chi connectivity index (χ1v) is 18.0. The van der Waals surface area contributed by atoms with Gasteiger partial charge in [-0.15, -0.1) is 0 Å². The predicted molar refractivity (Wildman–Crippen MR) is 200 cm³/mol. The van der Waals surface area contributed by atoms with Crippen LogP contribution in [0.15, 0.2) is 66.2 Å². The van der Waals surface area contributed by atoms with Gasteiger partial charge in [0.05, 0.1) is 19.2 Å². The Morgan fingerprint density at radius 3 is 2.08 bits per heavy atom. The van der Waals surface area contributed by atoms with Gasteiger partial charge in [-0.25, -0.2) is 4.79 Å². The zero-order valence-corrected chi connectivity index (χ0v) is 32.1. The number of likely N-dealkylation sites (N-methyl/N-ethyl adjacent to an activating group) is 1. The highest BCUT2D eigenvalue weighted by atomic mass is 16.5. The molecule has 10 heteroatoms. The number of ether oxygens (including phenoxy) is 1. The summed E-state index contributed by atoms with van der Waals surface area (Å²) in [6.45, 7) is 16.4. The van der Waals surface area contributed by atoms with Crippen LogP contribution in [0.1, 0.15) is 96.1 Å². The zero-order valence-electron chi connectivity index (χ0n) is 32.1. The molecular weight excluding hydrogens is 644 g/mol. The van der Waals surface area contributed by atoms with Gasteiger partial charge in [-0.05, 0) is 57.1 Å². The van der Waals surface area contributed by atoms with Crippen molar-refractivity contribution in [1.82, 2.24) is 20.4 Å². The minimum Gasteiger partial charge on any atom is -0.467 e. The highest BCUT2D eigenvalue weighted by molar-refractivity contribution is 6.09. The fourth-order valence-corrected chi connectivity index (χ4v) is 6.57. The van der Waals surface area contributed by atoms with Gasteiger partial charge < -0.3 is 20.3 Å². The molecule has 1 heterocycles. The fourth-order valence-electron chi connectivity index (χ4n) is 6.57.